The second kappa shape index (κ2) is 6.93. The van der Waals surface area contributed by atoms with Gasteiger partial charge in [0.05, 0.1) is 28.3 Å². The van der Waals surface area contributed by atoms with Gasteiger partial charge in [0.25, 0.3) is 0 Å². The molecule has 1 saturated heterocycles. The van der Waals surface area contributed by atoms with Crippen molar-refractivity contribution in [1.82, 2.24) is 9.62 Å². The van der Waals surface area contributed by atoms with Crippen LogP contribution in [0.25, 0.3) is 0 Å². The van der Waals surface area contributed by atoms with Crippen LogP contribution in [-0.4, -0.2) is 52.2 Å². The summed E-state index contributed by atoms with van der Waals surface area (Å²) in [5, 5.41) is 0.336. The highest BCUT2D eigenvalue weighted by Crippen LogP contribution is 2.22. The quantitative estimate of drug-likeness (QED) is 0.783. The lowest BCUT2D eigenvalue weighted by Crippen LogP contribution is -2.47. The van der Waals surface area contributed by atoms with Crippen molar-refractivity contribution in [2.24, 2.45) is 0 Å². The molecule has 0 amide bonds. The van der Waals surface area contributed by atoms with Crippen molar-refractivity contribution < 1.29 is 13.2 Å². The van der Waals surface area contributed by atoms with E-state index in [2.05, 4.69) is 16.5 Å². The van der Waals surface area contributed by atoms with Crippen LogP contribution in [0.4, 0.5) is 5.69 Å². The summed E-state index contributed by atoms with van der Waals surface area (Å²) in [6.07, 6.45) is -0.141. The molecule has 0 aromatic heterocycles. The molecule has 8 heteroatoms. The van der Waals surface area contributed by atoms with Crippen molar-refractivity contribution in [3.8, 4) is 0 Å². The van der Waals surface area contributed by atoms with E-state index in [1.807, 2.05) is 0 Å². The van der Waals surface area contributed by atoms with Gasteiger partial charge in [0.15, 0.2) is 0 Å². The maximum absolute atomic E-state index is 12.2. The summed E-state index contributed by atoms with van der Waals surface area (Å²) in [6, 6.07) is 4.26. The van der Waals surface area contributed by atoms with Crippen LogP contribution < -0.4 is 10.5 Å². The lowest BCUT2D eigenvalue weighted by molar-refractivity contribution is -0.0229. The van der Waals surface area contributed by atoms with Crippen LogP contribution in [0.1, 0.15) is 6.92 Å². The van der Waals surface area contributed by atoms with Gasteiger partial charge in [-0.3, -0.25) is 4.90 Å². The molecule has 0 spiro atoms. The first-order valence-electron chi connectivity index (χ1n) is 6.81. The Hall–Kier alpha value is -0.860. The molecule has 1 aromatic rings. The average Bonchev–Trinajstić information content (AvgIpc) is 2.48. The number of hydrogen-bond donors (Lipinski definition) is 2. The Kier molecular flexibility index (Phi) is 5.45. The van der Waals surface area contributed by atoms with Crippen LogP contribution in [0.2, 0.25) is 5.02 Å². The van der Waals surface area contributed by atoms with E-state index in [0.29, 0.717) is 11.6 Å². The summed E-state index contributed by atoms with van der Waals surface area (Å²) in [4.78, 5) is 2.33. The van der Waals surface area contributed by atoms with Gasteiger partial charge in [0, 0.05) is 19.6 Å². The monoisotopic (exact) mass is 333 g/mol. The molecule has 1 aliphatic heterocycles. The lowest BCUT2D eigenvalue weighted by atomic mass is 10.3. The summed E-state index contributed by atoms with van der Waals surface area (Å²) in [5.74, 6) is 0. The Balaban J connectivity index is 1.99. The fourth-order valence-electron chi connectivity index (χ4n) is 2.17. The molecule has 0 aliphatic carbocycles. The number of hydrogen-bond acceptors (Lipinski definition) is 5. The predicted octanol–water partition coefficient (Wildman–Crippen LogP) is 0.921. The van der Waals surface area contributed by atoms with Crippen LogP contribution in [0.15, 0.2) is 23.1 Å². The van der Waals surface area contributed by atoms with Crippen molar-refractivity contribution in [3.05, 3.63) is 23.2 Å². The third-order valence-corrected chi connectivity index (χ3v) is 5.21. The summed E-state index contributed by atoms with van der Waals surface area (Å²) in [7, 11) is -3.61. The van der Waals surface area contributed by atoms with Gasteiger partial charge in [0.1, 0.15) is 0 Å². The standard InChI is InChI=1S/C13H20ClN3O3S/c1-2-17-5-6-20-10(9-17)8-16-21(18,19)11-3-4-12(14)13(15)7-11/h3-4,7,10,16H,2,5-6,8-9,15H2,1H3. The first-order chi connectivity index (χ1) is 9.92. The molecule has 1 atom stereocenters. The maximum atomic E-state index is 12.2. The molecule has 3 N–H and O–H groups in total. The van der Waals surface area contributed by atoms with Gasteiger partial charge in [-0.05, 0) is 24.7 Å². The number of morpholine rings is 1. The number of halogens is 1. The first kappa shape index (κ1) is 16.5. The number of anilines is 1. The molecule has 118 valence electrons. The van der Waals surface area contributed by atoms with E-state index < -0.39 is 10.0 Å². The van der Waals surface area contributed by atoms with Gasteiger partial charge < -0.3 is 10.5 Å². The number of nitrogens with two attached hydrogens (primary N) is 1. The number of nitrogens with zero attached hydrogens (tertiary/aromatic N) is 1. The molecule has 1 aromatic carbocycles. The minimum Gasteiger partial charge on any atom is -0.397 e. The SMILES string of the molecule is CCN1CCOC(CNS(=O)(=O)c2ccc(Cl)c(N)c2)C1. The number of likely N-dealkylation sites (N-methyl/N-ethyl adjacent to an activating group) is 1. The van der Waals surface area contributed by atoms with E-state index in [0.717, 1.165) is 19.6 Å². The van der Waals surface area contributed by atoms with Crippen molar-refractivity contribution >= 4 is 27.3 Å². The molecule has 1 heterocycles. The molecular formula is C13H20ClN3O3S. The number of sulfonamides is 1. The molecule has 21 heavy (non-hydrogen) atoms. The minimum atomic E-state index is -3.61. The largest absolute Gasteiger partial charge is 0.397 e. The maximum Gasteiger partial charge on any atom is 0.240 e. The van der Waals surface area contributed by atoms with Crippen LogP contribution in [-0.2, 0) is 14.8 Å². The average molecular weight is 334 g/mol. The molecule has 0 bridgehead atoms. The van der Waals surface area contributed by atoms with Crippen molar-refractivity contribution in [2.75, 3.05) is 38.5 Å². The minimum absolute atomic E-state index is 0.104. The fraction of sp³-hybridized carbons (Fsp3) is 0.538. The molecule has 6 nitrogen and oxygen atoms in total. The van der Waals surface area contributed by atoms with E-state index in [1.54, 1.807) is 0 Å². The molecule has 1 unspecified atom stereocenters. The van der Waals surface area contributed by atoms with Gasteiger partial charge in [-0.2, -0.15) is 0 Å². The Morgan fingerprint density at radius 1 is 1.52 bits per heavy atom. The zero-order valence-electron chi connectivity index (χ0n) is 11.9. The number of nitrogens with one attached hydrogen (secondary N) is 1. The molecule has 0 saturated carbocycles. The summed E-state index contributed by atoms with van der Waals surface area (Å²) in [5.41, 5.74) is 5.88. The highest BCUT2D eigenvalue weighted by atomic mass is 35.5. The van der Waals surface area contributed by atoms with Crippen molar-refractivity contribution in [1.29, 1.82) is 0 Å². The zero-order valence-corrected chi connectivity index (χ0v) is 13.5. The van der Waals surface area contributed by atoms with E-state index in [1.165, 1.54) is 18.2 Å². The van der Waals surface area contributed by atoms with Crippen LogP contribution >= 0.6 is 11.6 Å². The van der Waals surface area contributed by atoms with Crippen LogP contribution in [0.5, 0.6) is 0 Å². The summed E-state index contributed by atoms with van der Waals surface area (Å²) >= 11 is 5.80. The number of ether oxygens (including phenoxy) is 1. The van der Waals surface area contributed by atoms with Crippen LogP contribution in [0, 0.1) is 0 Å². The second-order valence-corrected chi connectivity index (χ2v) is 7.10. The normalized spacial score (nSPS) is 20.6. The highest BCUT2D eigenvalue weighted by Gasteiger charge is 2.22. The van der Waals surface area contributed by atoms with Gasteiger partial charge in [0.2, 0.25) is 10.0 Å². The third kappa shape index (κ3) is 4.31. The molecule has 2 rings (SSSR count). The van der Waals surface area contributed by atoms with Crippen LogP contribution in [0.3, 0.4) is 0 Å². The Bertz CT molecular complexity index is 594. The second-order valence-electron chi connectivity index (χ2n) is 4.92. The Morgan fingerprint density at radius 2 is 2.29 bits per heavy atom. The summed E-state index contributed by atoms with van der Waals surface area (Å²) in [6.45, 7) is 5.47. The van der Waals surface area contributed by atoms with Gasteiger partial charge in [-0.15, -0.1) is 0 Å². The molecule has 0 radical (unpaired) electrons. The van der Waals surface area contributed by atoms with E-state index in [9.17, 15) is 8.42 Å². The molecule has 1 fully saturated rings. The smallest absolute Gasteiger partial charge is 0.240 e. The highest BCUT2D eigenvalue weighted by molar-refractivity contribution is 7.89. The number of nitrogen functional groups attached to an aromatic ring is 1. The summed E-state index contributed by atoms with van der Waals surface area (Å²) < 4.78 is 32.5. The third-order valence-electron chi connectivity index (χ3n) is 3.45. The Labute approximate surface area is 130 Å². The van der Waals surface area contributed by atoms with E-state index >= 15 is 0 Å². The van der Waals surface area contributed by atoms with E-state index in [-0.39, 0.29) is 23.2 Å². The zero-order chi connectivity index (χ0) is 15.5. The van der Waals surface area contributed by atoms with Gasteiger partial charge in [-0.1, -0.05) is 18.5 Å². The van der Waals surface area contributed by atoms with Gasteiger partial charge in [-0.25, -0.2) is 13.1 Å². The fourth-order valence-corrected chi connectivity index (χ4v) is 3.38. The van der Waals surface area contributed by atoms with E-state index in [4.69, 9.17) is 22.1 Å². The molecular weight excluding hydrogens is 314 g/mol. The van der Waals surface area contributed by atoms with Crippen molar-refractivity contribution in [3.63, 3.8) is 0 Å². The topological polar surface area (TPSA) is 84.7 Å². The Morgan fingerprint density at radius 3 is 2.95 bits per heavy atom. The van der Waals surface area contributed by atoms with Gasteiger partial charge >= 0.3 is 0 Å². The molecule has 1 aliphatic rings. The lowest BCUT2D eigenvalue weighted by Gasteiger charge is -2.32. The number of benzene rings is 1. The predicted molar refractivity (Wildman–Crippen MR) is 82.9 cm³/mol. The van der Waals surface area contributed by atoms with Crippen molar-refractivity contribution in [2.45, 2.75) is 17.9 Å². The first-order valence-corrected chi connectivity index (χ1v) is 8.67. The number of rotatable bonds is 5.